The summed E-state index contributed by atoms with van der Waals surface area (Å²) in [5.41, 5.74) is 4.29. The molecular weight excluding hydrogens is 505 g/mol. The molecule has 9 heteroatoms. The highest BCUT2D eigenvalue weighted by Gasteiger charge is 2.23. The standard InChI is InChI=1S/C31H36FN7O/c1-6-8-12-38-18-20(3)9-10-23-16-27-29(37-31(23)38)30(34-19-33-27)36-26-14-21(4)28(17-25(26)32)40-24-11-13-39(35-7-2)22(5)15-24/h7,11,13-17,19-20H,5-6,8-10,12,18H2,1-4H3,(H,33,34,36)/b35-7-. The maximum atomic E-state index is 15.4. The fraction of sp³-hybridized carbons (Fsp3) is 0.355. The van der Waals surface area contributed by atoms with Crippen LogP contribution in [0.4, 0.5) is 21.7 Å². The molecule has 208 valence electrons. The Hall–Kier alpha value is -4.27. The lowest BCUT2D eigenvalue weighted by molar-refractivity contribution is 0.418. The topological polar surface area (TPSA) is 78.8 Å². The molecule has 5 rings (SSSR count). The Morgan fingerprint density at radius 2 is 2.12 bits per heavy atom. The first kappa shape index (κ1) is 27.3. The number of pyridine rings is 1. The van der Waals surface area contributed by atoms with Gasteiger partial charge in [0.1, 0.15) is 35.0 Å². The summed E-state index contributed by atoms with van der Waals surface area (Å²) in [5, 5.41) is 9.00. The van der Waals surface area contributed by atoms with Gasteiger partial charge >= 0.3 is 0 Å². The molecule has 2 aliphatic heterocycles. The molecule has 1 unspecified atom stereocenters. The van der Waals surface area contributed by atoms with Crippen molar-refractivity contribution in [3.05, 3.63) is 77.9 Å². The van der Waals surface area contributed by atoms with Gasteiger partial charge in [0.15, 0.2) is 5.82 Å². The number of ether oxygens (including phenoxy) is 1. The lowest BCUT2D eigenvalue weighted by atomic mass is 10.0. The summed E-state index contributed by atoms with van der Waals surface area (Å²) in [4.78, 5) is 16.4. The number of hydrogen-bond donors (Lipinski definition) is 1. The lowest BCUT2D eigenvalue weighted by Crippen LogP contribution is -2.29. The van der Waals surface area contributed by atoms with Crippen LogP contribution in [0.2, 0.25) is 0 Å². The maximum absolute atomic E-state index is 15.4. The quantitative estimate of drug-likeness (QED) is 0.307. The minimum absolute atomic E-state index is 0.291. The molecule has 4 heterocycles. The van der Waals surface area contributed by atoms with Gasteiger partial charge in [0.2, 0.25) is 0 Å². The molecule has 2 aliphatic rings. The van der Waals surface area contributed by atoms with E-state index < -0.39 is 5.82 Å². The first-order valence-electron chi connectivity index (χ1n) is 13.9. The normalized spacial score (nSPS) is 17.3. The van der Waals surface area contributed by atoms with Gasteiger partial charge in [-0.2, -0.15) is 5.10 Å². The average Bonchev–Trinajstić information content (AvgIpc) is 3.09. The van der Waals surface area contributed by atoms with Crippen molar-refractivity contribution in [3.8, 4) is 5.75 Å². The van der Waals surface area contributed by atoms with Gasteiger partial charge in [0.05, 0.1) is 16.9 Å². The lowest BCUT2D eigenvalue weighted by Gasteiger charge is -2.26. The van der Waals surface area contributed by atoms with Crippen LogP contribution >= 0.6 is 0 Å². The minimum Gasteiger partial charge on any atom is -0.457 e. The zero-order valence-electron chi connectivity index (χ0n) is 23.6. The van der Waals surface area contributed by atoms with E-state index in [1.54, 1.807) is 35.6 Å². The van der Waals surface area contributed by atoms with Crippen molar-refractivity contribution < 1.29 is 9.13 Å². The van der Waals surface area contributed by atoms with Crippen molar-refractivity contribution in [2.45, 2.75) is 53.4 Å². The van der Waals surface area contributed by atoms with E-state index in [4.69, 9.17) is 9.72 Å². The Bertz CT molecular complexity index is 1510. The van der Waals surface area contributed by atoms with Gasteiger partial charge in [0.25, 0.3) is 0 Å². The van der Waals surface area contributed by atoms with E-state index in [1.807, 2.05) is 13.8 Å². The summed E-state index contributed by atoms with van der Waals surface area (Å²) in [6, 6.07) is 5.21. The second kappa shape index (κ2) is 11.9. The van der Waals surface area contributed by atoms with Crippen LogP contribution in [-0.2, 0) is 6.42 Å². The summed E-state index contributed by atoms with van der Waals surface area (Å²) in [5.74, 6) is 2.54. The Balaban J connectivity index is 1.43. The monoisotopic (exact) mass is 541 g/mol. The maximum Gasteiger partial charge on any atom is 0.160 e. The molecule has 0 bridgehead atoms. The summed E-state index contributed by atoms with van der Waals surface area (Å²) >= 11 is 0. The second-order valence-corrected chi connectivity index (χ2v) is 10.4. The SMILES string of the molecule is C=C1C=C(Oc2cc(F)c(Nc3ncnc4cc5c(nc34)N(CCCC)CC(C)CC5)cc2C)C=CN1/N=C\C. The molecule has 40 heavy (non-hydrogen) atoms. The van der Waals surface area contributed by atoms with Gasteiger partial charge in [-0.05, 0) is 68.4 Å². The van der Waals surface area contributed by atoms with E-state index in [2.05, 4.69) is 51.8 Å². The number of unbranched alkanes of at least 4 members (excludes halogenated alkanes) is 1. The molecule has 0 spiro atoms. The Kier molecular flexibility index (Phi) is 8.09. The highest BCUT2D eigenvalue weighted by Crippen LogP contribution is 2.34. The van der Waals surface area contributed by atoms with Gasteiger partial charge in [-0.25, -0.2) is 24.4 Å². The van der Waals surface area contributed by atoms with Crippen molar-refractivity contribution >= 4 is 34.6 Å². The van der Waals surface area contributed by atoms with E-state index in [-0.39, 0.29) is 0 Å². The Morgan fingerprint density at radius 1 is 1.27 bits per heavy atom. The summed E-state index contributed by atoms with van der Waals surface area (Å²) in [6.45, 7) is 14.1. The molecule has 1 N–H and O–H groups in total. The van der Waals surface area contributed by atoms with Crippen molar-refractivity contribution in [3.63, 3.8) is 0 Å². The molecule has 0 aliphatic carbocycles. The zero-order valence-corrected chi connectivity index (χ0v) is 23.6. The summed E-state index contributed by atoms with van der Waals surface area (Å²) < 4.78 is 21.4. The first-order valence-corrected chi connectivity index (χ1v) is 13.9. The zero-order chi connectivity index (χ0) is 28.2. The number of fused-ring (bicyclic) bond motifs is 2. The second-order valence-electron chi connectivity index (χ2n) is 10.4. The Labute approximate surface area is 235 Å². The van der Waals surface area contributed by atoms with Crippen molar-refractivity contribution in [1.29, 1.82) is 0 Å². The fourth-order valence-corrected chi connectivity index (χ4v) is 5.01. The first-order chi connectivity index (χ1) is 19.4. The van der Waals surface area contributed by atoms with Crippen LogP contribution in [0, 0.1) is 18.7 Å². The number of halogens is 1. The van der Waals surface area contributed by atoms with Crippen LogP contribution in [0.1, 0.15) is 51.2 Å². The average molecular weight is 542 g/mol. The van der Waals surface area contributed by atoms with Crippen LogP contribution in [-0.4, -0.2) is 39.3 Å². The Morgan fingerprint density at radius 3 is 2.90 bits per heavy atom. The molecule has 8 nitrogen and oxygen atoms in total. The molecular formula is C31H36FN7O. The predicted octanol–water partition coefficient (Wildman–Crippen LogP) is 7.02. The molecule has 2 aromatic heterocycles. The number of aryl methyl sites for hydroxylation is 2. The van der Waals surface area contributed by atoms with Crippen LogP contribution in [0.15, 0.2) is 66.0 Å². The molecule has 0 saturated carbocycles. The third-order valence-electron chi connectivity index (χ3n) is 7.15. The number of rotatable bonds is 8. The fourth-order valence-electron chi connectivity index (χ4n) is 5.01. The highest BCUT2D eigenvalue weighted by molar-refractivity contribution is 5.89. The van der Waals surface area contributed by atoms with E-state index in [0.717, 1.165) is 55.7 Å². The number of hydrazone groups is 1. The van der Waals surface area contributed by atoms with Crippen molar-refractivity contribution in [1.82, 2.24) is 20.0 Å². The number of allylic oxidation sites excluding steroid dienone is 2. The molecule has 3 aromatic rings. The number of benzene rings is 1. The summed E-state index contributed by atoms with van der Waals surface area (Å²) in [7, 11) is 0. The van der Waals surface area contributed by atoms with Crippen LogP contribution in [0.5, 0.6) is 5.75 Å². The van der Waals surface area contributed by atoms with Gasteiger partial charge in [0, 0.05) is 37.6 Å². The third kappa shape index (κ3) is 5.83. The molecule has 0 radical (unpaired) electrons. The number of hydrogen-bond acceptors (Lipinski definition) is 8. The van der Waals surface area contributed by atoms with Gasteiger partial charge in [-0.1, -0.05) is 26.8 Å². The largest absolute Gasteiger partial charge is 0.457 e. The predicted molar refractivity (Wildman–Crippen MR) is 159 cm³/mol. The smallest absolute Gasteiger partial charge is 0.160 e. The number of nitrogens with one attached hydrogen (secondary N) is 1. The van der Waals surface area contributed by atoms with Crippen LogP contribution < -0.4 is 15.0 Å². The molecule has 1 aromatic carbocycles. The van der Waals surface area contributed by atoms with E-state index in [1.165, 1.54) is 18.0 Å². The summed E-state index contributed by atoms with van der Waals surface area (Å²) in [6.07, 6.45) is 12.7. The van der Waals surface area contributed by atoms with Crippen molar-refractivity contribution in [2.24, 2.45) is 11.0 Å². The third-order valence-corrected chi connectivity index (χ3v) is 7.15. The van der Waals surface area contributed by atoms with Gasteiger partial charge in [-0.3, -0.25) is 0 Å². The van der Waals surface area contributed by atoms with E-state index >= 15 is 4.39 Å². The highest BCUT2D eigenvalue weighted by atomic mass is 19.1. The molecule has 0 amide bonds. The van der Waals surface area contributed by atoms with E-state index in [9.17, 15) is 0 Å². The number of anilines is 3. The van der Waals surface area contributed by atoms with Gasteiger partial charge in [-0.15, -0.1) is 0 Å². The minimum atomic E-state index is -0.461. The van der Waals surface area contributed by atoms with E-state index in [0.29, 0.717) is 40.1 Å². The molecule has 1 atom stereocenters. The number of nitrogens with zero attached hydrogens (tertiary/aromatic N) is 6. The van der Waals surface area contributed by atoms with Crippen LogP contribution in [0.25, 0.3) is 11.0 Å². The molecule has 0 saturated heterocycles. The van der Waals surface area contributed by atoms with Crippen molar-refractivity contribution in [2.75, 3.05) is 23.3 Å². The van der Waals surface area contributed by atoms with Gasteiger partial charge < -0.3 is 15.0 Å². The van der Waals surface area contributed by atoms with Crippen LogP contribution in [0.3, 0.4) is 0 Å². The molecule has 0 fully saturated rings. The number of aromatic nitrogens is 3.